The molecule has 0 unspecified atom stereocenters. The molecule has 0 aliphatic heterocycles. The van der Waals surface area contributed by atoms with Gasteiger partial charge in [0.1, 0.15) is 6.04 Å². The number of alkyl carbamates (subject to hydrolysis) is 1. The van der Waals surface area contributed by atoms with Gasteiger partial charge < -0.3 is 20.9 Å². The number of ether oxygens (including phenoxy) is 1. The van der Waals surface area contributed by atoms with Crippen molar-refractivity contribution in [3.63, 3.8) is 0 Å². The van der Waals surface area contributed by atoms with Gasteiger partial charge in [-0.2, -0.15) is 0 Å². The van der Waals surface area contributed by atoms with Gasteiger partial charge in [0.2, 0.25) is 0 Å². The maximum atomic E-state index is 10.8. The molecular weight excluding hydrogens is 200 g/mol. The number of nitrogens with two attached hydrogens (primary N) is 1. The molecule has 1 atom stereocenters. The van der Waals surface area contributed by atoms with Crippen LogP contribution in [0, 0.1) is 0 Å². The lowest BCUT2D eigenvalue weighted by Gasteiger charge is -2.06. The van der Waals surface area contributed by atoms with Gasteiger partial charge in [0.05, 0.1) is 6.61 Å². The van der Waals surface area contributed by atoms with Gasteiger partial charge in [-0.25, -0.2) is 4.79 Å². The summed E-state index contributed by atoms with van der Waals surface area (Å²) in [6, 6.07) is -0.812. The lowest BCUT2D eigenvalue weighted by atomic mass is 10.1. The number of carboxylic acids is 1. The molecule has 0 aromatic heterocycles. The molecule has 0 rings (SSSR count). The maximum absolute atomic E-state index is 10.8. The van der Waals surface area contributed by atoms with Crippen LogP contribution >= 0.6 is 0 Å². The summed E-state index contributed by atoms with van der Waals surface area (Å²) >= 11 is 0. The van der Waals surface area contributed by atoms with Crippen molar-refractivity contribution in [2.45, 2.75) is 32.2 Å². The third-order valence-corrected chi connectivity index (χ3v) is 1.80. The maximum Gasteiger partial charge on any atom is 0.407 e. The minimum Gasteiger partial charge on any atom is -0.480 e. The van der Waals surface area contributed by atoms with Crippen molar-refractivity contribution in [2.24, 2.45) is 5.73 Å². The lowest BCUT2D eigenvalue weighted by molar-refractivity contribution is -0.138. The topological polar surface area (TPSA) is 102 Å². The van der Waals surface area contributed by atoms with E-state index in [4.69, 9.17) is 10.8 Å². The van der Waals surface area contributed by atoms with Gasteiger partial charge in [0.15, 0.2) is 0 Å². The van der Waals surface area contributed by atoms with E-state index >= 15 is 0 Å². The summed E-state index contributed by atoms with van der Waals surface area (Å²) in [5.74, 6) is -0.992. The van der Waals surface area contributed by atoms with Crippen LogP contribution in [0.3, 0.4) is 0 Å². The highest BCUT2D eigenvalue weighted by atomic mass is 16.5. The minimum absolute atomic E-state index is 0.343. The van der Waals surface area contributed by atoms with E-state index in [1.54, 1.807) is 6.92 Å². The molecule has 0 aliphatic carbocycles. The second-order valence-corrected chi connectivity index (χ2v) is 3.09. The summed E-state index contributed by atoms with van der Waals surface area (Å²) in [4.78, 5) is 21.1. The number of carbonyl (C=O) groups is 2. The number of carboxylic acid groups (broad SMARTS) is 1. The number of hydrogen-bond acceptors (Lipinski definition) is 4. The lowest BCUT2D eigenvalue weighted by Crippen LogP contribution is -2.30. The van der Waals surface area contributed by atoms with E-state index < -0.39 is 18.1 Å². The normalized spacial score (nSPS) is 11.9. The molecule has 15 heavy (non-hydrogen) atoms. The van der Waals surface area contributed by atoms with Gasteiger partial charge in [-0.15, -0.1) is 0 Å². The summed E-state index contributed by atoms with van der Waals surface area (Å²) in [6.07, 6.45) is 1.33. The van der Waals surface area contributed by atoms with Crippen LogP contribution in [0.15, 0.2) is 0 Å². The van der Waals surface area contributed by atoms with Crippen LogP contribution in [0.4, 0.5) is 4.79 Å². The predicted molar refractivity (Wildman–Crippen MR) is 54.5 cm³/mol. The highest BCUT2D eigenvalue weighted by Crippen LogP contribution is 1.98. The smallest absolute Gasteiger partial charge is 0.407 e. The Kier molecular flexibility index (Phi) is 7.35. The van der Waals surface area contributed by atoms with Crippen LogP contribution in [-0.2, 0) is 9.53 Å². The third kappa shape index (κ3) is 7.75. The predicted octanol–water partition coefficient (Wildman–Crippen LogP) is 0.315. The minimum atomic E-state index is -0.992. The summed E-state index contributed by atoms with van der Waals surface area (Å²) in [6.45, 7) is 2.55. The third-order valence-electron chi connectivity index (χ3n) is 1.80. The SMILES string of the molecule is CCOC(=O)NCCCC[C@H](N)C(=O)O. The first kappa shape index (κ1) is 13.7. The molecule has 0 bridgehead atoms. The number of amides is 1. The Morgan fingerprint density at radius 3 is 2.67 bits per heavy atom. The van der Waals surface area contributed by atoms with E-state index in [9.17, 15) is 9.59 Å². The number of rotatable bonds is 7. The van der Waals surface area contributed by atoms with Gasteiger partial charge in [-0.05, 0) is 26.2 Å². The summed E-state index contributed by atoms with van der Waals surface area (Å²) in [7, 11) is 0. The van der Waals surface area contributed by atoms with Crippen LogP contribution in [0.2, 0.25) is 0 Å². The van der Waals surface area contributed by atoms with E-state index in [1.165, 1.54) is 0 Å². The fourth-order valence-corrected chi connectivity index (χ4v) is 0.985. The fourth-order valence-electron chi connectivity index (χ4n) is 0.985. The molecule has 0 aliphatic rings. The van der Waals surface area contributed by atoms with Gasteiger partial charge in [0.25, 0.3) is 0 Å². The Balaban J connectivity index is 3.32. The zero-order chi connectivity index (χ0) is 11.7. The van der Waals surface area contributed by atoms with E-state index in [1.807, 2.05) is 0 Å². The van der Waals surface area contributed by atoms with E-state index in [0.717, 1.165) is 0 Å². The van der Waals surface area contributed by atoms with Crippen LogP contribution < -0.4 is 11.1 Å². The summed E-state index contributed by atoms with van der Waals surface area (Å²) < 4.78 is 4.64. The Bertz CT molecular complexity index is 208. The van der Waals surface area contributed by atoms with Crippen LogP contribution in [0.1, 0.15) is 26.2 Å². The Morgan fingerprint density at radius 1 is 1.47 bits per heavy atom. The average molecular weight is 218 g/mol. The zero-order valence-electron chi connectivity index (χ0n) is 8.86. The summed E-state index contributed by atoms with van der Waals surface area (Å²) in [5, 5.41) is 11.0. The molecule has 88 valence electrons. The quantitative estimate of drug-likeness (QED) is 0.534. The van der Waals surface area contributed by atoms with Crippen molar-refractivity contribution in [3.8, 4) is 0 Å². The van der Waals surface area contributed by atoms with Gasteiger partial charge in [-0.1, -0.05) is 0 Å². The molecule has 6 nitrogen and oxygen atoms in total. The van der Waals surface area contributed by atoms with Crippen LogP contribution in [0.5, 0.6) is 0 Å². The standard InChI is InChI=1S/C9H18N2O4/c1-2-15-9(14)11-6-4-3-5-7(10)8(12)13/h7H,2-6,10H2,1H3,(H,11,14)(H,12,13)/t7-/m0/s1. The van der Waals surface area contributed by atoms with Crippen molar-refractivity contribution in [2.75, 3.05) is 13.2 Å². The van der Waals surface area contributed by atoms with Crippen molar-refractivity contribution in [1.82, 2.24) is 5.32 Å². The molecule has 0 spiro atoms. The number of carbonyl (C=O) groups excluding carboxylic acids is 1. The van der Waals surface area contributed by atoms with Crippen molar-refractivity contribution in [1.29, 1.82) is 0 Å². The van der Waals surface area contributed by atoms with Crippen molar-refractivity contribution in [3.05, 3.63) is 0 Å². The molecular formula is C9H18N2O4. The second-order valence-electron chi connectivity index (χ2n) is 3.09. The zero-order valence-corrected chi connectivity index (χ0v) is 8.86. The highest BCUT2D eigenvalue weighted by Gasteiger charge is 2.10. The molecule has 0 saturated heterocycles. The number of nitrogens with one attached hydrogen (secondary N) is 1. The number of unbranched alkanes of at least 4 members (excludes halogenated alkanes) is 1. The van der Waals surface area contributed by atoms with E-state index in [0.29, 0.717) is 32.4 Å². The number of hydrogen-bond donors (Lipinski definition) is 3. The molecule has 0 aromatic rings. The van der Waals surface area contributed by atoms with Crippen LogP contribution in [0.25, 0.3) is 0 Å². The molecule has 0 radical (unpaired) electrons. The Morgan fingerprint density at radius 2 is 2.13 bits per heavy atom. The van der Waals surface area contributed by atoms with E-state index in [-0.39, 0.29) is 0 Å². The first-order valence-corrected chi connectivity index (χ1v) is 4.97. The fraction of sp³-hybridized carbons (Fsp3) is 0.778. The number of aliphatic carboxylic acids is 1. The first-order valence-electron chi connectivity index (χ1n) is 4.97. The second kappa shape index (κ2) is 8.05. The molecule has 0 saturated carbocycles. The Labute approximate surface area is 88.8 Å². The summed E-state index contributed by atoms with van der Waals surface area (Å²) in [5.41, 5.74) is 5.29. The Hall–Kier alpha value is -1.30. The largest absolute Gasteiger partial charge is 0.480 e. The van der Waals surface area contributed by atoms with Gasteiger partial charge >= 0.3 is 12.1 Å². The van der Waals surface area contributed by atoms with Crippen molar-refractivity contribution >= 4 is 12.1 Å². The molecule has 0 fully saturated rings. The van der Waals surface area contributed by atoms with Gasteiger partial charge in [-0.3, -0.25) is 4.79 Å². The van der Waals surface area contributed by atoms with E-state index in [2.05, 4.69) is 10.1 Å². The van der Waals surface area contributed by atoms with Crippen molar-refractivity contribution < 1.29 is 19.4 Å². The first-order chi connectivity index (χ1) is 7.07. The van der Waals surface area contributed by atoms with Crippen LogP contribution in [-0.4, -0.2) is 36.4 Å². The molecule has 0 aromatic carbocycles. The molecule has 4 N–H and O–H groups in total. The average Bonchev–Trinajstić information content (AvgIpc) is 2.17. The molecule has 1 amide bonds. The monoisotopic (exact) mass is 218 g/mol. The highest BCUT2D eigenvalue weighted by molar-refractivity contribution is 5.72. The molecule has 6 heteroatoms. The van der Waals surface area contributed by atoms with Gasteiger partial charge in [0, 0.05) is 6.54 Å². The molecule has 0 heterocycles.